The maximum Gasteiger partial charge on any atom is 0.417 e. The number of hydrogen-bond acceptors (Lipinski definition) is 3. The molecule has 0 unspecified atom stereocenters. The zero-order valence-corrected chi connectivity index (χ0v) is 11.6. The fourth-order valence-electron chi connectivity index (χ4n) is 2.33. The van der Waals surface area contributed by atoms with E-state index >= 15 is 0 Å². The lowest BCUT2D eigenvalue weighted by Gasteiger charge is -2.27. The average Bonchev–Trinajstić information content (AvgIpc) is 2.70. The summed E-state index contributed by atoms with van der Waals surface area (Å²) in [5.41, 5.74) is 1.80. The van der Waals surface area contributed by atoms with Crippen LogP contribution in [0.25, 0.3) is 0 Å². The zero-order valence-electron chi connectivity index (χ0n) is 11.6. The minimum Gasteiger partial charge on any atom is -0.443 e. The summed E-state index contributed by atoms with van der Waals surface area (Å²) in [6.45, 7) is 5.37. The first kappa shape index (κ1) is 13.6. The Kier molecular flexibility index (Phi) is 3.60. The molecule has 0 aromatic heterocycles. The second-order valence-corrected chi connectivity index (χ2v) is 5.82. The van der Waals surface area contributed by atoms with Crippen LogP contribution >= 0.6 is 0 Å². The van der Waals surface area contributed by atoms with E-state index in [0.29, 0.717) is 19.3 Å². The Bertz CT molecular complexity index is 465. The highest BCUT2D eigenvalue weighted by Gasteiger charge is 2.32. The third-order valence-electron chi connectivity index (χ3n) is 3.14. The summed E-state index contributed by atoms with van der Waals surface area (Å²) in [6.07, 6.45) is 1.41. The molecular formula is C15H19NO3. The van der Waals surface area contributed by atoms with Crippen LogP contribution in [0, 0.1) is 0 Å². The number of carbonyl (C=O) groups excluding carboxylic acids is 2. The number of benzene rings is 1. The van der Waals surface area contributed by atoms with Crippen molar-refractivity contribution in [2.45, 2.75) is 45.3 Å². The number of carbonyl (C=O) groups is 2. The molecule has 2 rings (SSSR count). The normalized spacial score (nSPS) is 14.9. The molecule has 0 radical (unpaired) electrons. The summed E-state index contributed by atoms with van der Waals surface area (Å²) in [5.74, 6) is 0. The maximum atomic E-state index is 12.0. The number of amides is 2. The van der Waals surface area contributed by atoms with Crippen molar-refractivity contribution in [1.82, 2.24) is 4.90 Å². The number of nitrogens with zero attached hydrogens (tertiary/aromatic N) is 1. The van der Waals surface area contributed by atoms with Crippen LogP contribution in [0.5, 0.6) is 0 Å². The SMILES string of the molecule is CC(C)(C)OC(=O)N(C=O)C1Cc2ccccc2C1. The lowest BCUT2D eigenvalue weighted by Crippen LogP contribution is -2.43. The third kappa shape index (κ3) is 3.13. The minimum atomic E-state index is -0.593. The average molecular weight is 261 g/mol. The van der Waals surface area contributed by atoms with Gasteiger partial charge in [0.2, 0.25) is 6.41 Å². The Morgan fingerprint density at radius 1 is 1.26 bits per heavy atom. The van der Waals surface area contributed by atoms with Gasteiger partial charge in [-0.15, -0.1) is 0 Å². The Morgan fingerprint density at radius 3 is 2.21 bits per heavy atom. The predicted molar refractivity (Wildman–Crippen MR) is 71.8 cm³/mol. The first-order chi connectivity index (χ1) is 8.90. The molecule has 0 fully saturated rings. The highest BCUT2D eigenvalue weighted by molar-refractivity contribution is 5.81. The van der Waals surface area contributed by atoms with Crippen LogP contribution in [-0.4, -0.2) is 29.0 Å². The molecule has 1 aliphatic rings. The summed E-state index contributed by atoms with van der Waals surface area (Å²) in [4.78, 5) is 24.4. The number of fused-ring (bicyclic) bond motifs is 1. The molecular weight excluding hydrogens is 242 g/mol. The molecule has 0 heterocycles. The van der Waals surface area contributed by atoms with Gasteiger partial charge in [-0.2, -0.15) is 0 Å². The molecule has 19 heavy (non-hydrogen) atoms. The summed E-state index contributed by atoms with van der Waals surface area (Å²) < 4.78 is 5.26. The van der Waals surface area contributed by atoms with Gasteiger partial charge >= 0.3 is 6.09 Å². The molecule has 1 aliphatic carbocycles. The molecule has 1 aromatic carbocycles. The van der Waals surface area contributed by atoms with Crippen molar-refractivity contribution in [2.24, 2.45) is 0 Å². The van der Waals surface area contributed by atoms with E-state index in [2.05, 4.69) is 0 Å². The number of rotatable bonds is 2. The van der Waals surface area contributed by atoms with E-state index in [1.165, 1.54) is 16.0 Å². The van der Waals surface area contributed by atoms with E-state index in [9.17, 15) is 9.59 Å². The highest BCUT2D eigenvalue weighted by atomic mass is 16.6. The van der Waals surface area contributed by atoms with Gasteiger partial charge in [-0.3, -0.25) is 4.79 Å². The second-order valence-electron chi connectivity index (χ2n) is 5.82. The van der Waals surface area contributed by atoms with E-state index < -0.39 is 11.7 Å². The number of imide groups is 1. The molecule has 0 bridgehead atoms. The molecule has 0 N–H and O–H groups in total. The van der Waals surface area contributed by atoms with E-state index in [0.717, 1.165) is 0 Å². The topological polar surface area (TPSA) is 46.6 Å². The van der Waals surface area contributed by atoms with Gasteiger partial charge in [0.1, 0.15) is 5.60 Å². The van der Waals surface area contributed by atoms with E-state index in [1.807, 2.05) is 24.3 Å². The van der Waals surface area contributed by atoms with Gasteiger partial charge in [0.05, 0.1) is 6.04 Å². The van der Waals surface area contributed by atoms with Crippen molar-refractivity contribution >= 4 is 12.5 Å². The predicted octanol–water partition coefficient (Wildman–Crippen LogP) is 2.55. The lowest BCUT2D eigenvalue weighted by molar-refractivity contribution is -0.119. The van der Waals surface area contributed by atoms with Crippen LogP contribution in [0.15, 0.2) is 24.3 Å². The van der Waals surface area contributed by atoms with E-state index in [1.54, 1.807) is 20.8 Å². The monoisotopic (exact) mass is 261 g/mol. The molecule has 2 amide bonds. The van der Waals surface area contributed by atoms with Crippen molar-refractivity contribution < 1.29 is 14.3 Å². The van der Waals surface area contributed by atoms with Gasteiger partial charge in [-0.1, -0.05) is 24.3 Å². The minimum absolute atomic E-state index is 0.134. The molecule has 4 nitrogen and oxygen atoms in total. The largest absolute Gasteiger partial charge is 0.443 e. The van der Waals surface area contributed by atoms with Crippen LogP contribution < -0.4 is 0 Å². The highest BCUT2D eigenvalue weighted by Crippen LogP contribution is 2.25. The van der Waals surface area contributed by atoms with Gasteiger partial charge in [0.15, 0.2) is 0 Å². The van der Waals surface area contributed by atoms with Gasteiger partial charge < -0.3 is 4.74 Å². The first-order valence-electron chi connectivity index (χ1n) is 6.44. The van der Waals surface area contributed by atoms with Crippen molar-refractivity contribution in [3.05, 3.63) is 35.4 Å². The first-order valence-corrected chi connectivity index (χ1v) is 6.44. The van der Waals surface area contributed by atoms with Gasteiger partial charge in [0, 0.05) is 0 Å². The van der Waals surface area contributed by atoms with E-state index in [4.69, 9.17) is 4.74 Å². The lowest BCUT2D eigenvalue weighted by atomic mass is 10.1. The van der Waals surface area contributed by atoms with Gasteiger partial charge in [-0.05, 0) is 44.7 Å². The third-order valence-corrected chi connectivity index (χ3v) is 3.14. The summed E-state index contributed by atoms with van der Waals surface area (Å²) >= 11 is 0. The molecule has 0 aliphatic heterocycles. The van der Waals surface area contributed by atoms with Crippen molar-refractivity contribution in [2.75, 3.05) is 0 Å². The molecule has 102 valence electrons. The Balaban J connectivity index is 2.09. The molecule has 0 saturated carbocycles. The number of hydrogen-bond donors (Lipinski definition) is 0. The zero-order chi connectivity index (χ0) is 14.0. The fourth-order valence-corrected chi connectivity index (χ4v) is 2.33. The summed E-state index contributed by atoms with van der Waals surface area (Å²) in [5, 5.41) is 0. The van der Waals surface area contributed by atoms with E-state index in [-0.39, 0.29) is 6.04 Å². The maximum absolute atomic E-state index is 12.0. The molecule has 4 heteroatoms. The van der Waals surface area contributed by atoms with Crippen LogP contribution in [-0.2, 0) is 22.4 Å². The summed E-state index contributed by atoms with van der Waals surface area (Å²) in [6, 6.07) is 7.88. The standard InChI is InChI=1S/C15H19NO3/c1-15(2,3)19-14(18)16(10-17)13-8-11-6-4-5-7-12(11)9-13/h4-7,10,13H,8-9H2,1-3H3. The van der Waals surface area contributed by atoms with Crippen LogP contribution in [0.3, 0.4) is 0 Å². The van der Waals surface area contributed by atoms with Gasteiger partial charge in [-0.25, -0.2) is 9.69 Å². The van der Waals surface area contributed by atoms with Crippen LogP contribution in [0.1, 0.15) is 31.9 Å². The van der Waals surface area contributed by atoms with Crippen LogP contribution in [0.4, 0.5) is 4.79 Å². The van der Waals surface area contributed by atoms with Crippen molar-refractivity contribution in [3.8, 4) is 0 Å². The Morgan fingerprint density at radius 2 is 1.79 bits per heavy atom. The van der Waals surface area contributed by atoms with Gasteiger partial charge in [0.25, 0.3) is 0 Å². The summed E-state index contributed by atoms with van der Waals surface area (Å²) in [7, 11) is 0. The molecule has 1 aromatic rings. The molecule has 0 spiro atoms. The smallest absolute Gasteiger partial charge is 0.417 e. The van der Waals surface area contributed by atoms with Crippen molar-refractivity contribution in [3.63, 3.8) is 0 Å². The fraction of sp³-hybridized carbons (Fsp3) is 0.467. The quantitative estimate of drug-likeness (QED) is 0.769. The number of ether oxygens (including phenoxy) is 1. The Hall–Kier alpha value is -1.84. The second kappa shape index (κ2) is 5.03. The molecule has 0 atom stereocenters. The van der Waals surface area contributed by atoms with Crippen LogP contribution in [0.2, 0.25) is 0 Å². The Labute approximate surface area is 113 Å². The molecule has 0 saturated heterocycles. The van der Waals surface area contributed by atoms with Crippen molar-refractivity contribution in [1.29, 1.82) is 0 Å².